The Morgan fingerprint density at radius 1 is 1.44 bits per heavy atom. The highest BCUT2D eigenvalue weighted by Gasteiger charge is 2.12. The van der Waals surface area contributed by atoms with Crippen molar-refractivity contribution in [3.05, 3.63) is 29.8 Å². The average Bonchev–Trinajstić information content (AvgIpc) is 2.28. The van der Waals surface area contributed by atoms with Crippen LogP contribution in [0.5, 0.6) is 0 Å². The minimum atomic E-state index is 0.174. The van der Waals surface area contributed by atoms with E-state index in [1.807, 2.05) is 18.2 Å². The maximum atomic E-state index is 8.97. The molecule has 1 atom stereocenters. The molecule has 0 aliphatic carbocycles. The van der Waals surface area contributed by atoms with Crippen LogP contribution in [-0.2, 0) is 0 Å². The molecule has 86 valence electrons. The number of aliphatic hydroxyl groups excluding tert-OH is 1. The van der Waals surface area contributed by atoms with Gasteiger partial charge < -0.3 is 10.4 Å². The zero-order valence-electron chi connectivity index (χ0n) is 9.77. The molecule has 0 spiro atoms. The normalized spacial score (nSPS) is 12.2. The van der Waals surface area contributed by atoms with Crippen LogP contribution in [-0.4, -0.2) is 17.8 Å². The van der Waals surface area contributed by atoms with Gasteiger partial charge in [0.15, 0.2) is 0 Å². The van der Waals surface area contributed by atoms with Crippen LogP contribution < -0.4 is 5.32 Å². The van der Waals surface area contributed by atoms with E-state index in [0.29, 0.717) is 17.9 Å². The van der Waals surface area contributed by atoms with Crippen LogP contribution in [0.25, 0.3) is 0 Å². The number of benzene rings is 1. The molecule has 3 heteroatoms. The van der Waals surface area contributed by atoms with Crippen molar-refractivity contribution in [2.75, 3.05) is 11.9 Å². The molecule has 0 aliphatic rings. The topological polar surface area (TPSA) is 56.0 Å². The Hall–Kier alpha value is -1.53. The van der Waals surface area contributed by atoms with Gasteiger partial charge in [-0.25, -0.2) is 0 Å². The van der Waals surface area contributed by atoms with Crippen LogP contribution in [0.15, 0.2) is 24.3 Å². The lowest BCUT2D eigenvalue weighted by Gasteiger charge is -2.22. The molecule has 16 heavy (non-hydrogen) atoms. The molecule has 0 bridgehead atoms. The van der Waals surface area contributed by atoms with Crippen LogP contribution in [0.2, 0.25) is 0 Å². The molecule has 0 radical (unpaired) electrons. The summed E-state index contributed by atoms with van der Waals surface area (Å²) in [5, 5.41) is 21.1. The smallest absolute Gasteiger partial charge is 0.0992 e. The number of nitrogens with zero attached hydrogens (tertiary/aromatic N) is 1. The van der Waals surface area contributed by atoms with Gasteiger partial charge in [0, 0.05) is 18.3 Å². The number of nitrogens with one attached hydrogen (secondary N) is 1. The SMILES string of the molecule is CC(C)C(CCO)Nc1cccc(C#N)c1. The van der Waals surface area contributed by atoms with E-state index in [1.165, 1.54) is 0 Å². The van der Waals surface area contributed by atoms with Crippen LogP contribution in [0.3, 0.4) is 0 Å². The van der Waals surface area contributed by atoms with Gasteiger partial charge >= 0.3 is 0 Å². The van der Waals surface area contributed by atoms with Gasteiger partial charge in [0.25, 0.3) is 0 Å². The third kappa shape index (κ3) is 3.56. The number of anilines is 1. The molecule has 0 aliphatic heterocycles. The van der Waals surface area contributed by atoms with E-state index in [4.69, 9.17) is 10.4 Å². The Morgan fingerprint density at radius 2 is 2.19 bits per heavy atom. The first-order valence-corrected chi connectivity index (χ1v) is 5.55. The van der Waals surface area contributed by atoms with Crippen LogP contribution in [0, 0.1) is 17.2 Å². The molecular weight excluding hydrogens is 200 g/mol. The highest BCUT2D eigenvalue weighted by molar-refractivity contribution is 5.49. The number of nitriles is 1. The predicted octanol–water partition coefficient (Wildman–Crippen LogP) is 2.38. The summed E-state index contributed by atoms with van der Waals surface area (Å²) in [4.78, 5) is 0. The largest absolute Gasteiger partial charge is 0.396 e. The van der Waals surface area contributed by atoms with E-state index in [1.54, 1.807) is 6.07 Å². The molecule has 0 saturated heterocycles. The fourth-order valence-corrected chi connectivity index (χ4v) is 1.60. The zero-order chi connectivity index (χ0) is 12.0. The minimum absolute atomic E-state index is 0.174. The van der Waals surface area contributed by atoms with Crippen molar-refractivity contribution < 1.29 is 5.11 Å². The van der Waals surface area contributed by atoms with Gasteiger partial charge in [0.05, 0.1) is 11.6 Å². The maximum Gasteiger partial charge on any atom is 0.0992 e. The lowest BCUT2D eigenvalue weighted by molar-refractivity contribution is 0.267. The average molecular weight is 218 g/mol. The Labute approximate surface area is 96.7 Å². The molecule has 0 aromatic heterocycles. The fourth-order valence-electron chi connectivity index (χ4n) is 1.60. The second kappa shape index (κ2) is 6.14. The first kappa shape index (κ1) is 12.5. The van der Waals surface area contributed by atoms with Crippen molar-refractivity contribution in [2.45, 2.75) is 26.3 Å². The van der Waals surface area contributed by atoms with Crippen molar-refractivity contribution in [1.82, 2.24) is 0 Å². The van der Waals surface area contributed by atoms with E-state index >= 15 is 0 Å². The zero-order valence-corrected chi connectivity index (χ0v) is 9.77. The lowest BCUT2D eigenvalue weighted by atomic mass is 10.0. The van der Waals surface area contributed by atoms with E-state index in [2.05, 4.69) is 25.2 Å². The van der Waals surface area contributed by atoms with Crippen molar-refractivity contribution in [3.8, 4) is 6.07 Å². The minimum Gasteiger partial charge on any atom is -0.396 e. The van der Waals surface area contributed by atoms with Gasteiger partial charge in [-0.05, 0) is 30.5 Å². The van der Waals surface area contributed by atoms with Crippen LogP contribution >= 0.6 is 0 Å². The summed E-state index contributed by atoms with van der Waals surface area (Å²) >= 11 is 0. The summed E-state index contributed by atoms with van der Waals surface area (Å²) in [6, 6.07) is 9.75. The molecule has 1 unspecified atom stereocenters. The fraction of sp³-hybridized carbons (Fsp3) is 0.462. The molecule has 1 aromatic carbocycles. The Morgan fingerprint density at radius 3 is 2.75 bits per heavy atom. The highest BCUT2D eigenvalue weighted by Crippen LogP contribution is 2.16. The quantitative estimate of drug-likeness (QED) is 0.797. The van der Waals surface area contributed by atoms with Crippen LogP contribution in [0.4, 0.5) is 5.69 Å². The molecule has 3 nitrogen and oxygen atoms in total. The van der Waals surface area contributed by atoms with E-state index in [9.17, 15) is 0 Å². The summed E-state index contributed by atoms with van der Waals surface area (Å²) in [6.45, 7) is 4.40. The second-order valence-corrected chi connectivity index (χ2v) is 4.20. The maximum absolute atomic E-state index is 8.97. The van der Waals surface area contributed by atoms with E-state index in [-0.39, 0.29) is 12.6 Å². The van der Waals surface area contributed by atoms with Gasteiger partial charge in [0.2, 0.25) is 0 Å². The second-order valence-electron chi connectivity index (χ2n) is 4.20. The summed E-state index contributed by atoms with van der Waals surface area (Å²) in [5.74, 6) is 0.442. The number of rotatable bonds is 5. The third-order valence-electron chi connectivity index (χ3n) is 2.59. The van der Waals surface area contributed by atoms with Crippen molar-refractivity contribution in [2.24, 2.45) is 5.92 Å². The molecule has 1 aromatic rings. The highest BCUT2D eigenvalue weighted by atomic mass is 16.3. The summed E-state index contributed by atoms with van der Waals surface area (Å²) < 4.78 is 0. The Kier molecular flexibility index (Phi) is 4.81. The number of hydrogen-bond donors (Lipinski definition) is 2. The van der Waals surface area contributed by atoms with Crippen molar-refractivity contribution in [1.29, 1.82) is 5.26 Å². The Balaban J connectivity index is 2.73. The molecule has 2 N–H and O–H groups in total. The summed E-state index contributed by atoms with van der Waals surface area (Å²) in [5.41, 5.74) is 1.59. The standard InChI is InChI=1S/C13H18N2O/c1-10(2)13(6-7-16)15-12-5-3-4-11(8-12)9-14/h3-5,8,10,13,15-16H,6-7H2,1-2H3. The van der Waals surface area contributed by atoms with E-state index in [0.717, 1.165) is 5.69 Å². The molecule has 0 saturated carbocycles. The van der Waals surface area contributed by atoms with Gasteiger partial charge in [0.1, 0.15) is 0 Å². The van der Waals surface area contributed by atoms with E-state index < -0.39 is 0 Å². The van der Waals surface area contributed by atoms with Gasteiger partial charge in [-0.15, -0.1) is 0 Å². The number of hydrogen-bond acceptors (Lipinski definition) is 3. The van der Waals surface area contributed by atoms with Crippen LogP contribution in [0.1, 0.15) is 25.8 Å². The molecular formula is C13H18N2O. The molecule has 0 fully saturated rings. The van der Waals surface area contributed by atoms with Crippen molar-refractivity contribution in [3.63, 3.8) is 0 Å². The first-order chi connectivity index (χ1) is 7.67. The molecule has 0 amide bonds. The van der Waals surface area contributed by atoms with Gasteiger partial charge in [-0.3, -0.25) is 0 Å². The van der Waals surface area contributed by atoms with Gasteiger partial charge in [-0.1, -0.05) is 19.9 Å². The first-order valence-electron chi connectivity index (χ1n) is 5.55. The third-order valence-corrected chi connectivity index (χ3v) is 2.59. The number of aliphatic hydroxyl groups is 1. The lowest BCUT2D eigenvalue weighted by Crippen LogP contribution is -2.26. The predicted molar refractivity (Wildman–Crippen MR) is 65.1 cm³/mol. The Bertz CT molecular complexity index is 368. The molecule has 0 heterocycles. The van der Waals surface area contributed by atoms with Gasteiger partial charge in [-0.2, -0.15) is 5.26 Å². The summed E-state index contributed by atoms with van der Waals surface area (Å²) in [6.07, 6.45) is 0.717. The monoisotopic (exact) mass is 218 g/mol. The van der Waals surface area contributed by atoms with Crippen molar-refractivity contribution >= 4 is 5.69 Å². The summed E-state index contributed by atoms with van der Waals surface area (Å²) in [7, 11) is 0. The molecule has 1 rings (SSSR count).